The van der Waals surface area contributed by atoms with Crippen LogP contribution in [0.1, 0.15) is 20.7 Å². The first-order valence-electron chi connectivity index (χ1n) is 4.98. The second kappa shape index (κ2) is 4.89. The Morgan fingerprint density at radius 1 is 1.28 bits per heavy atom. The van der Waals surface area contributed by atoms with Gasteiger partial charge in [0.15, 0.2) is 0 Å². The number of hydrogen-bond donors (Lipinski definition) is 3. The Hall–Kier alpha value is -2.34. The molecule has 0 spiro atoms. The van der Waals surface area contributed by atoms with E-state index in [0.717, 1.165) is 0 Å². The third kappa shape index (κ3) is 2.33. The minimum absolute atomic E-state index is 0.107. The Kier molecular flexibility index (Phi) is 3.29. The molecule has 0 aliphatic heterocycles. The van der Waals surface area contributed by atoms with E-state index in [1.807, 2.05) is 0 Å². The second-order valence-corrected chi connectivity index (χ2v) is 3.86. The molecule has 0 atom stereocenters. The van der Waals surface area contributed by atoms with Gasteiger partial charge < -0.3 is 11.1 Å². The van der Waals surface area contributed by atoms with E-state index in [0.29, 0.717) is 10.6 Å². The molecule has 2 amide bonds. The lowest BCUT2D eigenvalue weighted by Crippen LogP contribution is -2.17. The normalized spacial score (nSPS) is 10.1. The fraction of sp³-hybridized carbons (Fsp3) is 0. The highest BCUT2D eigenvalue weighted by atomic mass is 35.5. The standard InChI is InChI=1S/C11H9ClN4O2/c12-8-4-2-1-3-6(8)11(18)15-10-7(9(13)17)5-14-16-10/h1-5H,(H2,13,17)(H2,14,15,16,18). The zero-order chi connectivity index (χ0) is 13.1. The van der Waals surface area contributed by atoms with Gasteiger partial charge in [0.2, 0.25) is 0 Å². The molecule has 2 rings (SSSR count). The Labute approximate surface area is 107 Å². The molecule has 0 fully saturated rings. The molecule has 0 saturated carbocycles. The molecule has 92 valence electrons. The van der Waals surface area contributed by atoms with Crippen LogP contribution in [-0.4, -0.2) is 22.0 Å². The first kappa shape index (κ1) is 12.1. The minimum atomic E-state index is -0.682. The van der Waals surface area contributed by atoms with Gasteiger partial charge in [-0.1, -0.05) is 23.7 Å². The first-order valence-corrected chi connectivity index (χ1v) is 5.36. The van der Waals surface area contributed by atoms with Crippen LogP contribution < -0.4 is 11.1 Å². The van der Waals surface area contributed by atoms with Gasteiger partial charge in [-0.25, -0.2) is 0 Å². The summed E-state index contributed by atoms with van der Waals surface area (Å²) in [7, 11) is 0. The summed E-state index contributed by atoms with van der Waals surface area (Å²) in [5.41, 5.74) is 5.53. The molecule has 4 N–H and O–H groups in total. The predicted octanol–water partition coefficient (Wildman–Crippen LogP) is 1.41. The van der Waals surface area contributed by atoms with Gasteiger partial charge in [-0.05, 0) is 12.1 Å². The average molecular weight is 265 g/mol. The maximum absolute atomic E-state index is 11.9. The van der Waals surface area contributed by atoms with Gasteiger partial charge in [-0.3, -0.25) is 14.7 Å². The lowest BCUT2D eigenvalue weighted by Gasteiger charge is -2.05. The van der Waals surface area contributed by atoms with Gasteiger partial charge in [0, 0.05) is 0 Å². The van der Waals surface area contributed by atoms with Crippen LogP contribution in [0.25, 0.3) is 0 Å². The number of benzene rings is 1. The molecule has 2 aromatic rings. The lowest BCUT2D eigenvalue weighted by molar-refractivity contribution is 0.100. The Morgan fingerprint density at radius 2 is 2.00 bits per heavy atom. The fourth-order valence-corrected chi connectivity index (χ4v) is 1.62. The Bertz CT molecular complexity index is 609. The number of primary amides is 1. The summed E-state index contributed by atoms with van der Waals surface area (Å²) in [6.45, 7) is 0. The van der Waals surface area contributed by atoms with Gasteiger partial charge >= 0.3 is 0 Å². The van der Waals surface area contributed by atoms with Crippen LogP contribution in [0.4, 0.5) is 5.82 Å². The van der Waals surface area contributed by atoms with Crippen molar-refractivity contribution in [2.75, 3.05) is 5.32 Å². The van der Waals surface area contributed by atoms with Gasteiger partial charge in [0.05, 0.1) is 16.8 Å². The molecule has 18 heavy (non-hydrogen) atoms. The molecule has 0 unspecified atom stereocenters. The Balaban J connectivity index is 2.25. The number of anilines is 1. The molecule has 1 aromatic heterocycles. The smallest absolute Gasteiger partial charge is 0.258 e. The summed E-state index contributed by atoms with van der Waals surface area (Å²) in [6, 6.07) is 6.56. The molecule has 0 radical (unpaired) electrons. The molecular weight excluding hydrogens is 256 g/mol. The summed E-state index contributed by atoms with van der Waals surface area (Å²) < 4.78 is 0. The predicted molar refractivity (Wildman–Crippen MR) is 66.5 cm³/mol. The number of carbonyl (C=O) groups is 2. The van der Waals surface area contributed by atoms with Crippen molar-refractivity contribution in [1.82, 2.24) is 10.2 Å². The maximum atomic E-state index is 11.9. The van der Waals surface area contributed by atoms with Gasteiger partial charge in [-0.2, -0.15) is 5.10 Å². The zero-order valence-corrected chi connectivity index (χ0v) is 9.86. The quantitative estimate of drug-likeness (QED) is 0.781. The number of carbonyl (C=O) groups excluding carboxylic acids is 2. The SMILES string of the molecule is NC(=O)c1cn[nH]c1NC(=O)c1ccccc1Cl. The third-order valence-electron chi connectivity index (χ3n) is 2.26. The van der Waals surface area contributed by atoms with Crippen molar-refractivity contribution in [3.05, 3.63) is 46.6 Å². The molecule has 1 heterocycles. The average Bonchev–Trinajstić information content (AvgIpc) is 2.77. The minimum Gasteiger partial charge on any atom is -0.365 e. The molecule has 0 bridgehead atoms. The number of H-pyrrole nitrogens is 1. The topological polar surface area (TPSA) is 101 Å². The number of hydrogen-bond acceptors (Lipinski definition) is 3. The van der Waals surface area contributed by atoms with Crippen molar-refractivity contribution in [3.8, 4) is 0 Å². The van der Waals surface area contributed by atoms with Crippen molar-refractivity contribution in [1.29, 1.82) is 0 Å². The van der Waals surface area contributed by atoms with E-state index in [-0.39, 0.29) is 11.4 Å². The number of amides is 2. The van der Waals surface area contributed by atoms with E-state index in [1.54, 1.807) is 24.3 Å². The maximum Gasteiger partial charge on any atom is 0.258 e. The van der Waals surface area contributed by atoms with E-state index in [2.05, 4.69) is 15.5 Å². The molecule has 0 saturated heterocycles. The van der Waals surface area contributed by atoms with Crippen LogP contribution in [0.2, 0.25) is 5.02 Å². The number of nitrogens with zero attached hydrogens (tertiary/aromatic N) is 1. The van der Waals surface area contributed by atoms with E-state index < -0.39 is 11.8 Å². The molecule has 1 aromatic carbocycles. The van der Waals surface area contributed by atoms with Crippen molar-refractivity contribution in [3.63, 3.8) is 0 Å². The number of aromatic amines is 1. The van der Waals surface area contributed by atoms with Crippen LogP contribution in [0.3, 0.4) is 0 Å². The summed E-state index contributed by atoms with van der Waals surface area (Å²) in [5, 5.41) is 8.92. The third-order valence-corrected chi connectivity index (χ3v) is 2.59. The monoisotopic (exact) mass is 264 g/mol. The Morgan fingerprint density at radius 3 is 2.67 bits per heavy atom. The van der Waals surface area contributed by atoms with Crippen LogP contribution in [-0.2, 0) is 0 Å². The van der Waals surface area contributed by atoms with Gasteiger partial charge in [0.1, 0.15) is 11.4 Å². The molecule has 7 heteroatoms. The fourth-order valence-electron chi connectivity index (χ4n) is 1.39. The van der Waals surface area contributed by atoms with Crippen molar-refractivity contribution < 1.29 is 9.59 Å². The number of halogens is 1. The number of nitrogens with one attached hydrogen (secondary N) is 2. The number of nitrogens with two attached hydrogens (primary N) is 1. The molecule has 0 aliphatic carbocycles. The first-order chi connectivity index (χ1) is 8.59. The van der Waals surface area contributed by atoms with Crippen LogP contribution in [0.5, 0.6) is 0 Å². The van der Waals surface area contributed by atoms with Crippen LogP contribution >= 0.6 is 11.6 Å². The van der Waals surface area contributed by atoms with Gasteiger partial charge in [-0.15, -0.1) is 0 Å². The van der Waals surface area contributed by atoms with E-state index >= 15 is 0 Å². The van der Waals surface area contributed by atoms with Crippen molar-refractivity contribution in [2.24, 2.45) is 5.73 Å². The van der Waals surface area contributed by atoms with Crippen molar-refractivity contribution in [2.45, 2.75) is 0 Å². The second-order valence-electron chi connectivity index (χ2n) is 3.46. The largest absolute Gasteiger partial charge is 0.365 e. The summed E-state index contributed by atoms with van der Waals surface area (Å²) in [4.78, 5) is 23.0. The number of aromatic nitrogens is 2. The summed E-state index contributed by atoms with van der Waals surface area (Å²) >= 11 is 5.88. The van der Waals surface area contributed by atoms with E-state index in [9.17, 15) is 9.59 Å². The summed E-state index contributed by atoms with van der Waals surface area (Å²) in [6.07, 6.45) is 1.24. The number of rotatable bonds is 3. The van der Waals surface area contributed by atoms with Crippen LogP contribution in [0, 0.1) is 0 Å². The van der Waals surface area contributed by atoms with Crippen LogP contribution in [0.15, 0.2) is 30.5 Å². The highest BCUT2D eigenvalue weighted by Crippen LogP contribution is 2.17. The van der Waals surface area contributed by atoms with Crippen molar-refractivity contribution >= 4 is 29.2 Å². The zero-order valence-electron chi connectivity index (χ0n) is 9.11. The highest BCUT2D eigenvalue weighted by molar-refractivity contribution is 6.34. The molecular formula is C11H9ClN4O2. The van der Waals surface area contributed by atoms with Gasteiger partial charge in [0.25, 0.3) is 11.8 Å². The molecule has 0 aliphatic rings. The summed E-state index contributed by atoms with van der Waals surface area (Å²) in [5.74, 6) is -0.988. The lowest BCUT2D eigenvalue weighted by atomic mass is 10.2. The highest BCUT2D eigenvalue weighted by Gasteiger charge is 2.15. The van der Waals surface area contributed by atoms with E-state index in [1.165, 1.54) is 6.20 Å². The molecule has 6 nitrogen and oxygen atoms in total. The van der Waals surface area contributed by atoms with E-state index in [4.69, 9.17) is 17.3 Å².